The molecule has 1 aromatic heterocycles. The van der Waals surface area contributed by atoms with Crippen LogP contribution in [-0.4, -0.2) is 18.1 Å². The maximum Gasteiger partial charge on any atom is 0.336 e. The van der Waals surface area contributed by atoms with Crippen LogP contribution in [0.2, 0.25) is 0 Å². The molecule has 0 aliphatic carbocycles. The Balaban J connectivity index is 3.59. The fourth-order valence-corrected chi connectivity index (χ4v) is 2.27. The molecule has 0 aromatic carbocycles. The van der Waals surface area contributed by atoms with Crippen molar-refractivity contribution >= 4 is 22.6 Å². The van der Waals surface area contributed by atoms with Crippen LogP contribution in [0.15, 0.2) is 14.4 Å². The Kier molecular flexibility index (Phi) is 5.83. The number of halogens is 1. The van der Waals surface area contributed by atoms with Gasteiger partial charge in [0.25, 0.3) is 0 Å². The summed E-state index contributed by atoms with van der Waals surface area (Å²) in [5, 5.41) is 0. The van der Waals surface area contributed by atoms with Gasteiger partial charge in [0.05, 0.1) is 0 Å². The molecular formula is C11H18IN3O3. The zero-order valence-corrected chi connectivity index (χ0v) is 12.8. The average molecular weight is 367 g/mol. The Hall–Kier alpha value is -0.860. The highest BCUT2D eigenvalue weighted by molar-refractivity contribution is 14.1. The fourth-order valence-electron chi connectivity index (χ4n) is 1.79. The van der Waals surface area contributed by atoms with Crippen LogP contribution in [0.3, 0.4) is 0 Å². The van der Waals surface area contributed by atoms with E-state index in [1.165, 1.54) is 0 Å². The van der Waals surface area contributed by atoms with Crippen LogP contribution < -0.4 is 17.1 Å². The summed E-state index contributed by atoms with van der Waals surface area (Å²) in [6.07, 6.45) is 1.37. The minimum atomic E-state index is -0.490. The Morgan fingerprint density at radius 1 is 0.778 bits per heavy atom. The third kappa shape index (κ3) is 2.93. The lowest BCUT2D eigenvalue weighted by atomic mass is 10.4. The molecule has 0 N–H and O–H groups in total. The molecule has 0 atom stereocenters. The number of aromatic nitrogens is 3. The summed E-state index contributed by atoms with van der Waals surface area (Å²) in [7, 11) is 0. The van der Waals surface area contributed by atoms with Crippen molar-refractivity contribution in [1.82, 2.24) is 13.7 Å². The molecule has 1 heterocycles. The van der Waals surface area contributed by atoms with Crippen LogP contribution in [-0.2, 0) is 19.6 Å². The van der Waals surface area contributed by atoms with Gasteiger partial charge < -0.3 is 0 Å². The van der Waals surface area contributed by atoms with Gasteiger partial charge in [-0.1, -0.05) is 36.4 Å². The van der Waals surface area contributed by atoms with Gasteiger partial charge in [-0.2, -0.15) is 0 Å². The predicted octanol–water partition coefficient (Wildman–Crippen LogP) is 0.427. The molecule has 0 radical (unpaired) electrons. The molecule has 0 amide bonds. The molecule has 1 aromatic rings. The highest BCUT2D eigenvalue weighted by Crippen LogP contribution is 1.86. The molecular weight excluding hydrogens is 349 g/mol. The van der Waals surface area contributed by atoms with Crippen LogP contribution in [0.1, 0.15) is 26.7 Å². The summed E-state index contributed by atoms with van der Waals surface area (Å²) in [6.45, 7) is 4.82. The van der Waals surface area contributed by atoms with E-state index < -0.39 is 17.1 Å². The van der Waals surface area contributed by atoms with E-state index in [9.17, 15) is 14.4 Å². The van der Waals surface area contributed by atoms with Crippen LogP contribution in [0, 0.1) is 0 Å². The van der Waals surface area contributed by atoms with E-state index in [4.69, 9.17) is 0 Å². The summed E-state index contributed by atoms with van der Waals surface area (Å²) in [5.41, 5.74) is -1.47. The van der Waals surface area contributed by atoms with E-state index in [-0.39, 0.29) is 0 Å². The highest BCUT2D eigenvalue weighted by Gasteiger charge is 2.13. The maximum atomic E-state index is 12.1. The van der Waals surface area contributed by atoms with Crippen LogP contribution in [0.5, 0.6) is 0 Å². The summed E-state index contributed by atoms with van der Waals surface area (Å²) in [5.74, 6) is 0. The van der Waals surface area contributed by atoms with Gasteiger partial charge in [0.15, 0.2) is 0 Å². The molecule has 18 heavy (non-hydrogen) atoms. The molecule has 102 valence electrons. The fraction of sp³-hybridized carbons (Fsp3) is 0.727. The molecule has 1 rings (SSSR count). The average Bonchev–Trinajstić information content (AvgIpc) is 2.35. The molecule has 0 fully saturated rings. The quantitative estimate of drug-likeness (QED) is 0.541. The second kappa shape index (κ2) is 6.91. The minimum Gasteiger partial charge on any atom is -0.247 e. The summed E-state index contributed by atoms with van der Waals surface area (Å²) < 4.78 is 4.12. The second-order valence-corrected chi connectivity index (χ2v) is 5.07. The third-order valence-corrected chi connectivity index (χ3v) is 3.07. The normalized spacial score (nSPS) is 10.8. The van der Waals surface area contributed by atoms with E-state index >= 15 is 0 Å². The van der Waals surface area contributed by atoms with E-state index in [0.29, 0.717) is 36.9 Å². The molecule has 7 heteroatoms. The van der Waals surface area contributed by atoms with Crippen molar-refractivity contribution in [2.75, 3.05) is 4.43 Å². The summed E-state index contributed by atoms with van der Waals surface area (Å²) in [4.78, 5) is 36.2. The number of rotatable bonds is 6. The van der Waals surface area contributed by atoms with E-state index in [1.807, 2.05) is 13.8 Å². The second-order valence-electron chi connectivity index (χ2n) is 3.99. The summed E-state index contributed by atoms with van der Waals surface area (Å²) >= 11 is 2.10. The zero-order valence-electron chi connectivity index (χ0n) is 10.7. The SMILES string of the molecule is CCCn1c(=O)n(CCC)c(=O)n(CCI)c1=O. The monoisotopic (exact) mass is 367 g/mol. The van der Waals surface area contributed by atoms with Crippen molar-refractivity contribution in [3.05, 3.63) is 31.5 Å². The highest BCUT2D eigenvalue weighted by atomic mass is 127. The minimum absolute atomic E-state index is 0.339. The van der Waals surface area contributed by atoms with Gasteiger partial charge in [-0.25, -0.2) is 28.1 Å². The van der Waals surface area contributed by atoms with Crippen LogP contribution >= 0.6 is 22.6 Å². The van der Waals surface area contributed by atoms with Gasteiger partial charge in [-0.05, 0) is 12.8 Å². The Morgan fingerprint density at radius 3 is 1.39 bits per heavy atom. The lowest BCUT2D eigenvalue weighted by Gasteiger charge is -2.12. The van der Waals surface area contributed by atoms with E-state index in [0.717, 1.165) is 13.7 Å². The Bertz CT molecular complexity index is 459. The summed E-state index contributed by atoms with van der Waals surface area (Å²) in [6, 6.07) is 0. The lowest BCUT2D eigenvalue weighted by molar-refractivity contribution is 0.450. The van der Waals surface area contributed by atoms with Crippen LogP contribution in [0.4, 0.5) is 0 Å². The van der Waals surface area contributed by atoms with Gasteiger partial charge in [0, 0.05) is 24.1 Å². The first kappa shape index (κ1) is 15.2. The van der Waals surface area contributed by atoms with Crippen molar-refractivity contribution in [3.63, 3.8) is 0 Å². The lowest BCUT2D eigenvalue weighted by Crippen LogP contribution is -2.54. The first-order valence-corrected chi connectivity index (χ1v) is 7.61. The molecule has 0 saturated carbocycles. The standard InChI is InChI=1S/C11H18IN3O3/c1-3-6-13-9(16)14(7-4-2)11(18)15(8-5-12)10(13)17/h3-8H2,1-2H3. The van der Waals surface area contributed by atoms with Gasteiger partial charge in [0.2, 0.25) is 0 Å². The number of hydrogen-bond acceptors (Lipinski definition) is 3. The van der Waals surface area contributed by atoms with Gasteiger partial charge >= 0.3 is 17.1 Å². The van der Waals surface area contributed by atoms with Crippen molar-refractivity contribution in [2.24, 2.45) is 0 Å². The molecule has 0 unspecified atom stereocenters. The van der Waals surface area contributed by atoms with Crippen LogP contribution in [0.25, 0.3) is 0 Å². The molecule has 0 spiro atoms. The molecule has 0 aliphatic rings. The van der Waals surface area contributed by atoms with Crippen molar-refractivity contribution in [1.29, 1.82) is 0 Å². The van der Waals surface area contributed by atoms with Crippen molar-refractivity contribution in [2.45, 2.75) is 46.3 Å². The Labute approximate surface area is 118 Å². The van der Waals surface area contributed by atoms with Gasteiger partial charge in [-0.15, -0.1) is 0 Å². The number of alkyl halides is 1. The zero-order chi connectivity index (χ0) is 13.7. The molecule has 0 saturated heterocycles. The largest absolute Gasteiger partial charge is 0.336 e. The smallest absolute Gasteiger partial charge is 0.247 e. The number of hydrogen-bond donors (Lipinski definition) is 0. The Morgan fingerprint density at radius 2 is 1.11 bits per heavy atom. The van der Waals surface area contributed by atoms with Gasteiger partial charge in [-0.3, -0.25) is 0 Å². The maximum absolute atomic E-state index is 12.1. The topological polar surface area (TPSA) is 66.0 Å². The van der Waals surface area contributed by atoms with E-state index in [1.54, 1.807) is 0 Å². The van der Waals surface area contributed by atoms with E-state index in [2.05, 4.69) is 22.6 Å². The predicted molar refractivity (Wildman–Crippen MR) is 78.7 cm³/mol. The van der Waals surface area contributed by atoms with Gasteiger partial charge in [0.1, 0.15) is 0 Å². The van der Waals surface area contributed by atoms with Crippen molar-refractivity contribution < 1.29 is 0 Å². The molecule has 0 aliphatic heterocycles. The molecule has 0 bridgehead atoms. The third-order valence-electron chi connectivity index (χ3n) is 2.59. The first-order chi connectivity index (χ1) is 8.58. The first-order valence-electron chi connectivity index (χ1n) is 6.08. The van der Waals surface area contributed by atoms with Crippen molar-refractivity contribution in [3.8, 4) is 0 Å². The molecule has 6 nitrogen and oxygen atoms in total. The number of nitrogens with zero attached hydrogens (tertiary/aromatic N) is 3.